The molecule has 1 N–H and O–H groups in total. The number of nitrogens with one attached hydrogen (secondary N) is 1. The van der Waals surface area contributed by atoms with Gasteiger partial charge in [-0.3, -0.25) is 4.90 Å². The summed E-state index contributed by atoms with van der Waals surface area (Å²) in [4.78, 5) is 2.45. The van der Waals surface area contributed by atoms with E-state index < -0.39 is 0 Å². The molecule has 0 aromatic heterocycles. The summed E-state index contributed by atoms with van der Waals surface area (Å²) in [5, 5.41) is 3.46. The fourth-order valence-electron chi connectivity index (χ4n) is 2.56. The molecule has 1 aromatic carbocycles. The number of piperazine rings is 1. The first kappa shape index (κ1) is 19.3. The molecule has 0 amide bonds. The highest BCUT2D eigenvalue weighted by molar-refractivity contribution is 9.10. The maximum atomic E-state index is 5.66. The van der Waals surface area contributed by atoms with E-state index in [2.05, 4.69) is 51.8 Å². The lowest BCUT2D eigenvalue weighted by molar-refractivity contribution is 0.199. The zero-order valence-electron chi connectivity index (χ0n) is 13.1. The second kappa shape index (κ2) is 9.40. The van der Waals surface area contributed by atoms with E-state index in [1.165, 1.54) is 5.56 Å². The van der Waals surface area contributed by atoms with Gasteiger partial charge in [-0.05, 0) is 40.5 Å². The second-order valence-corrected chi connectivity index (χ2v) is 6.15. The van der Waals surface area contributed by atoms with Gasteiger partial charge in [-0.15, -0.1) is 12.4 Å². The van der Waals surface area contributed by atoms with E-state index in [-0.39, 0.29) is 12.4 Å². The number of ether oxygens (including phenoxy) is 2. The highest BCUT2D eigenvalue weighted by Crippen LogP contribution is 2.37. The molecular weight excluding hydrogens is 368 g/mol. The lowest BCUT2D eigenvalue weighted by Gasteiger charge is -2.32. The van der Waals surface area contributed by atoms with Crippen LogP contribution in [0.2, 0.25) is 0 Å². The van der Waals surface area contributed by atoms with Gasteiger partial charge in [0.2, 0.25) is 0 Å². The number of rotatable bonds is 6. The predicted molar refractivity (Wildman–Crippen MR) is 96.4 cm³/mol. The Balaban J connectivity index is 0.00000242. The highest BCUT2D eigenvalue weighted by Gasteiger charge is 2.17. The Morgan fingerprint density at radius 2 is 2.27 bits per heavy atom. The molecule has 6 heteroatoms. The maximum absolute atomic E-state index is 5.66. The first-order valence-electron chi connectivity index (χ1n) is 7.20. The molecule has 0 saturated carbocycles. The van der Waals surface area contributed by atoms with Crippen molar-refractivity contribution in [3.63, 3.8) is 0 Å². The van der Waals surface area contributed by atoms with Crippen molar-refractivity contribution in [2.24, 2.45) is 0 Å². The van der Waals surface area contributed by atoms with Crippen LogP contribution in [-0.2, 0) is 6.54 Å². The predicted octanol–water partition coefficient (Wildman–Crippen LogP) is 3.24. The van der Waals surface area contributed by atoms with Gasteiger partial charge in [-0.2, -0.15) is 0 Å². The SMILES string of the molecule is C=CCOc1c(Br)cc(CN2CCN[C@@H](C)C2)cc1OC.Cl. The van der Waals surface area contributed by atoms with Crippen molar-refractivity contribution in [2.45, 2.75) is 19.5 Å². The molecule has 0 aliphatic carbocycles. The lowest BCUT2D eigenvalue weighted by atomic mass is 10.1. The van der Waals surface area contributed by atoms with Crippen LogP contribution >= 0.6 is 28.3 Å². The number of methoxy groups -OCH3 is 1. The van der Waals surface area contributed by atoms with Crippen LogP contribution in [0.4, 0.5) is 0 Å². The molecule has 124 valence electrons. The molecule has 1 aromatic rings. The lowest BCUT2D eigenvalue weighted by Crippen LogP contribution is -2.48. The van der Waals surface area contributed by atoms with Crippen molar-refractivity contribution in [2.75, 3.05) is 33.4 Å². The van der Waals surface area contributed by atoms with Crippen molar-refractivity contribution in [1.82, 2.24) is 10.2 Å². The standard InChI is InChI=1S/C16H23BrN2O2.ClH/c1-4-7-21-16-14(17)8-13(9-15(16)20-3)11-19-6-5-18-12(2)10-19;/h4,8-9,12,18H,1,5-7,10-11H2,2-3H3;1H/t12-;/m0./s1. The fourth-order valence-corrected chi connectivity index (χ4v) is 3.16. The Bertz CT molecular complexity index is 499. The molecule has 1 aliphatic heterocycles. The summed E-state index contributed by atoms with van der Waals surface area (Å²) in [6, 6.07) is 4.70. The van der Waals surface area contributed by atoms with Gasteiger partial charge in [0.25, 0.3) is 0 Å². The number of hydrogen-bond acceptors (Lipinski definition) is 4. The molecular formula is C16H24BrClN2O2. The summed E-state index contributed by atoms with van der Waals surface area (Å²) in [5.74, 6) is 1.49. The van der Waals surface area contributed by atoms with E-state index in [0.29, 0.717) is 12.6 Å². The number of halogens is 2. The largest absolute Gasteiger partial charge is 0.493 e. The second-order valence-electron chi connectivity index (χ2n) is 5.30. The normalized spacial score (nSPS) is 18.4. The van der Waals surface area contributed by atoms with Gasteiger partial charge < -0.3 is 14.8 Å². The van der Waals surface area contributed by atoms with Gasteiger partial charge in [0, 0.05) is 32.2 Å². The summed E-state index contributed by atoms with van der Waals surface area (Å²) in [6.45, 7) is 10.4. The van der Waals surface area contributed by atoms with Gasteiger partial charge in [-0.25, -0.2) is 0 Å². The van der Waals surface area contributed by atoms with Crippen LogP contribution in [-0.4, -0.2) is 44.3 Å². The van der Waals surface area contributed by atoms with Gasteiger partial charge in [0.05, 0.1) is 11.6 Å². The Hall–Kier alpha value is -0.750. The number of nitrogens with zero attached hydrogens (tertiary/aromatic N) is 1. The Labute approximate surface area is 147 Å². The topological polar surface area (TPSA) is 33.7 Å². The van der Waals surface area contributed by atoms with Gasteiger partial charge in [0.15, 0.2) is 11.5 Å². The smallest absolute Gasteiger partial charge is 0.175 e. The zero-order valence-corrected chi connectivity index (χ0v) is 15.5. The molecule has 1 aliphatic rings. The van der Waals surface area contributed by atoms with Gasteiger partial charge >= 0.3 is 0 Å². The van der Waals surface area contributed by atoms with Crippen molar-refractivity contribution in [3.8, 4) is 11.5 Å². The molecule has 0 radical (unpaired) electrons. The maximum Gasteiger partial charge on any atom is 0.175 e. The third-order valence-corrected chi connectivity index (χ3v) is 4.08. The minimum absolute atomic E-state index is 0. The monoisotopic (exact) mass is 390 g/mol. The van der Waals surface area contributed by atoms with Crippen LogP contribution < -0.4 is 14.8 Å². The Kier molecular flexibility index (Phi) is 8.25. The van der Waals surface area contributed by atoms with E-state index in [1.54, 1.807) is 13.2 Å². The minimum atomic E-state index is 0. The number of hydrogen-bond donors (Lipinski definition) is 1. The van der Waals surface area contributed by atoms with E-state index in [4.69, 9.17) is 9.47 Å². The zero-order chi connectivity index (χ0) is 15.2. The van der Waals surface area contributed by atoms with Crippen LogP contribution in [0.1, 0.15) is 12.5 Å². The van der Waals surface area contributed by atoms with E-state index >= 15 is 0 Å². The molecule has 0 spiro atoms. The van der Waals surface area contributed by atoms with Crippen molar-refractivity contribution in [3.05, 3.63) is 34.8 Å². The van der Waals surface area contributed by atoms with Crippen molar-refractivity contribution in [1.29, 1.82) is 0 Å². The summed E-state index contributed by atoms with van der Waals surface area (Å²) < 4.78 is 12.0. The fraction of sp³-hybridized carbons (Fsp3) is 0.500. The van der Waals surface area contributed by atoms with Gasteiger partial charge in [0.1, 0.15) is 6.61 Å². The average molecular weight is 392 g/mol. The Morgan fingerprint density at radius 3 is 2.91 bits per heavy atom. The summed E-state index contributed by atoms with van der Waals surface area (Å²) in [5.41, 5.74) is 1.22. The van der Waals surface area contributed by atoms with Crippen molar-refractivity contribution < 1.29 is 9.47 Å². The van der Waals surface area contributed by atoms with E-state index in [1.807, 2.05) is 0 Å². The Morgan fingerprint density at radius 1 is 1.50 bits per heavy atom. The molecule has 1 fully saturated rings. The minimum Gasteiger partial charge on any atom is -0.493 e. The summed E-state index contributed by atoms with van der Waals surface area (Å²) in [7, 11) is 1.67. The van der Waals surface area contributed by atoms with Crippen LogP contribution in [0.3, 0.4) is 0 Å². The molecule has 0 bridgehead atoms. The summed E-state index contributed by atoms with van der Waals surface area (Å²) >= 11 is 3.58. The third kappa shape index (κ3) is 5.16. The van der Waals surface area contributed by atoms with E-state index in [9.17, 15) is 0 Å². The van der Waals surface area contributed by atoms with Crippen LogP contribution in [0.25, 0.3) is 0 Å². The summed E-state index contributed by atoms with van der Waals surface area (Å²) in [6.07, 6.45) is 1.72. The molecule has 22 heavy (non-hydrogen) atoms. The highest BCUT2D eigenvalue weighted by atomic mass is 79.9. The molecule has 1 saturated heterocycles. The molecule has 1 heterocycles. The third-order valence-electron chi connectivity index (χ3n) is 3.49. The molecule has 4 nitrogen and oxygen atoms in total. The van der Waals surface area contributed by atoms with Crippen LogP contribution in [0.5, 0.6) is 11.5 Å². The van der Waals surface area contributed by atoms with Crippen LogP contribution in [0, 0.1) is 0 Å². The van der Waals surface area contributed by atoms with Gasteiger partial charge in [-0.1, -0.05) is 12.7 Å². The first-order chi connectivity index (χ1) is 10.1. The van der Waals surface area contributed by atoms with Crippen molar-refractivity contribution >= 4 is 28.3 Å². The van der Waals surface area contributed by atoms with E-state index in [0.717, 1.165) is 42.2 Å². The quantitative estimate of drug-likeness (QED) is 0.755. The average Bonchev–Trinajstić information content (AvgIpc) is 2.45. The van der Waals surface area contributed by atoms with Crippen LogP contribution in [0.15, 0.2) is 29.3 Å². The molecule has 0 unspecified atom stereocenters. The first-order valence-corrected chi connectivity index (χ1v) is 7.99. The molecule has 2 rings (SSSR count). The molecule has 1 atom stereocenters. The number of benzene rings is 1.